The summed E-state index contributed by atoms with van der Waals surface area (Å²) in [4.78, 5) is 0. The zero-order chi connectivity index (χ0) is 10.4. The summed E-state index contributed by atoms with van der Waals surface area (Å²) in [6, 6.07) is 7.05. The molecule has 0 heterocycles. The highest BCUT2D eigenvalue weighted by atomic mass is 35.5. The van der Waals surface area contributed by atoms with Crippen molar-refractivity contribution < 1.29 is 0 Å². The van der Waals surface area contributed by atoms with Gasteiger partial charge in [0.25, 0.3) is 0 Å². The van der Waals surface area contributed by atoms with Crippen LogP contribution in [-0.2, 0) is 0 Å². The van der Waals surface area contributed by atoms with Crippen LogP contribution in [0.4, 0.5) is 0 Å². The first-order chi connectivity index (χ1) is 6.76. The Morgan fingerprint density at radius 1 is 1.21 bits per heavy atom. The van der Waals surface area contributed by atoms with Gasteiger partial charge in [0, 0.05) is 22.9 Å². The molecular weight excluding hydrogens is 217 g/mol. The molecule has 0 saturated heterocycles. The summed E-state index contributed by atoms with van der Waals surface area (Å²) in [5.41, 5.74) is 1.27. The van der Waals surface area contributed by atoms with E-state index in [9.17, 15) is 0 Å². The fourth-order valence-corrected chi connectivity index (χ4v) is 1.27. The average Bonchev–Trinajstić information content (AvgIpc) is 2.17. The van der Waals surface area contributed by atoms with Crippen molar-refractivity contribution in [3.05, 3.63) is 34.3 Å². The molecule has 0 aliphatic carbocycles. The smallest absolute Gasteiger partial charge is 0.0992 e. The molecule has 1 nitrogen and oxygen atoms in total. The van der Waals surface area contributed by atoms with Crippen LogP contribution in [0.5, 0.6) is 0 Å². The van der Waals surface area contributed by atoms with Gasteiger partial charge in [0.1, 0.15) is 0 Å². The lowest BCUT2D eigenvalue weighted by Crippen LogP contribution is -1.79. The molecule has 70 valence electrons. The van der Waals surface area contributed by atoms with E-state index < -0.39 is 0 Å². The second-order valence-electron chi connectivity index (χ2n) is 2.58. The summed E-state index contributed by atoms with van der Waals surface area (Å²) in [6.45, 7) is 0. The first-order valence-corrected chi connectivity index (χ1v) is 4.93. The van der Waals surface area contributed by atoms with Crippen LogP contribution in [0.25, 0.3) is 0 Å². The fraction of sp³-hybridized carbons (Fsp3) is 0.182. The second-order valence-corrected chi connectivity index (χ2v) is 3.40. The summed E-state index contributed by atoms with van der Waals surface area (Å²) in [7, 11) is 0. The molecule has 0 unspecified atom stereocenters. The number of nitriles is 1. The van der Waals surface area contributed by atoms with Crippen LogP contribution < -0.4 is 0 Å². The molecular formula is C11H7Cl2N. The quantitative estimate of drug-likeness (QED) is 0.530. The standard InChI is InChI=1S/C11H7Cl2N/c12-4-2-1-3-9-5-10(8-14)7-11(13)6-9/h5-7H,2,4H2. The Morgan fingerprint density at radius 3 is 2.57 bits per heavy atom. The number of alkyl halides is 1. The van der Waals surface area contributed by atoms with Crippen molar-refractivity contribution in [3.63, 3.8) is 0 Å². The van der Waals surface area contributed by atoms with E-state index in [4.69, 9.17) is 28.5 Å². The van der Waals surface area contributed by atoms with E-state index >= 15 is 0 Å². The number of nitrogens with zero attached hydrogens (tertiary/aromatic N) is 1. The highest BCUT2D eigenvalue weighted by molar-refractivity contribution is 6.30. The number of rotatable bonds is 1. The van der Waals surface area contributed by atoms with Crippen LogP contribution in [-0.4, -0.2) is 5.88 Å². The molecule has 0 aliphatic rings. The number of hydrogen-bond acceptors (Lipinski definition) is 1. The van der Waals surface area contributed by atoms with Crippen LogP contribution >= 0.6 is 23.2 Å². The van der Waals surface area contributed by atoms with Gasteiger partial charge in [-0.15, -0.1) is 11.6 Å². The molecule has 3 heteroatoms. The second kappa shape index (κ2) is 5.55. The van der Waals surface area contributed by atoms with E-state index in [1.165, 1.54) is 0 Å². The SMILES string of the molecule is N#Cc1cc(Cl)cc(C#CCCCl)c1. The summed E-state index contributed by atoms with van der Waals surface area (Å²) >= 11 is 11.3. The van der Waals surface area contributed by atoms with Crippen molar-refractivity contribution in [2.45, 2.75) is 6.42 Å². The van der Waals surface area contributed by atoms with Crippen molar-refractivity contribution in [2.75, 3.05) is 5.88 Å². The topological polar surface area (TPSA) is 23.8 Å². The van der Waals surface area contributed by atoms with E-state index in [2.05, 4.69) is 11.8 Å². The summed E-state index contributed by atoms with van der Waals surface area (Å²) < 4.78 is 0. The normalized spacial score (nSPS) is 8.64. The van der Waals surface area contributed by atoms with Gasteiger partial charge in [0.2, 0.25) is 0 Å². The van der Waals surface area contributed by atoms with E-state index in [-0.39, 0.29) is 0 Å². The minimum Gasteiger partial charge on any atom is -0.192 e. The highest BCUT2D eigenvalue weighted by Crippen LogP contribution is 2.13. The highest BCUT2D eigenvalue weighted by Gasteiger charge is 1.95. The van der Waals surface area contributed by atoms with Gasteiger partial charge in [0.15, 0.2) is 0 Å². The number of halogens is 2. The predicted octanol–water partition coefficient (Wildman–Crippen LogP) is 3.19. The molecule has 0 spiro atoms. The van der Waals surface area contributed by atoms with Gasteiger partial charge in [-0.3, -0.25) is 0 Å². The molecule has 0 bridgehead atoms. The summed E-state index contributed by atoms with van der Waals surface area (Å²) in [6.07, 6.45) is 0.635. The molecule has 0 fully saturated rings. The van der Waals surface area contributed by atoms with Crippen molar-refractivity contribution >= 4 is 23.2 Å². The molecule has 0 radical (unpaired) electrons. The monoisotopic (exact) mass is 223 g/mol. The maximum absolute atomic E-state index is 8.68. The molecule has 0 saturated carbocycles. The van der Waals surface area contributed by atoms with Gasteiger partial charge < -0.3 is 0 Å². The molecule has 0 aliphatic heterocycles. The lowest BCUT2D eigenvalue weighted by molar-refractivity contribution is 1.29. The lowest BCUT2D eigenvalue weighted by Gasteiger charge is -1.93. The largest absolute Gasteiger partial charge is 0.192 e. The summed E-state index contributed by atoms with van der Waals surface area (Å²) in [5, 5.41) is 9.21. The van der Waals surface area contributed by atoms with Gasteiger partial charge in [-0.2, -0.15) is 5.26 Å². The summed E-state index contributed by atoms with van der Waals surface area (Å²) in [5.74, 6) is 6.28. The zero-order valence-electron chi connectivity index (χ0n) is 7.35. The minimum atomic E-state index is 0.513. The molecule has 0 atom stereocenters. The van der Waals surface area contributed by atoms with Gasteiger partial charge >= 0.3 is 0 Å². The molecule has 1 aromatic rings. The number of hydrogen-bond donors (Lipinski definition) is 0. The fourth-order valence-electron chi connectivity index (χ4n) is 0.938. The molecule has 0 N–H and O–H groups in total. The molecule has 14 heavy (non-hydrogen) atoms. The first-order valence-electron chi connectivity index (χ1n) is 4.02. The van der Waals surface area contributed by atoms with Crippen molar-refractivity contribution in [1.82, 2.24) is 0 Å². The first kappa shape index (κ1) is 10.9. The molecule has 0 amide bonds. The molecule has 0 aromatic heterocycles. The minimum absolute atomic E-state index is 0.513. The Hall–Kier alpha value is -1.15. The van der Waals surface area contributed by atoms with Crippen molar-refractivity contribution in [2.24, 2.45) is 0 Å². The Morgan fingerprint density at radius 2 is 1.93 bits per heavy atom. The molecule has 1 rings (SSSR count). The van der Waals surface area contributed by atoms with E-state index in [0.717, 1.165) is 5.56 Å². The maximum atomic E-state index is 8.68. The lowest BCUT2D eigenvalue weighted by atomic mass is 10.1. The average molecular weight is 224 g/mol. The van der Waals surface area contributed by atoms with Crippen molar-refractivity contribution in [3.8, 4) is 17.9 Å². The van der Waals surface area contributed by atoms with Crippen LogP contribution in [0.2, 0.25) is 5.02 Å². The van der Waals surface area contributed by atoms with Gasteiger partial charge in [-0.05, 0) is 18.2 Å². The van der Waals surface area contributed by atoms with E-state index in [1.54, 1.807) is 18.2 Å². The van der Waals surface area contributed by atoms with Crippen LogP contribution in [0.1, 0.15) is 17.5 Å². The Labute approximate surface area is 93.3 Å². The van der Waals surface area contributed by atoms with Gasteiger partial charge in [-0.1, -0.05) is 23.4 Å². The predicted molar refractivity (Wildman–Crippen MR) is 58.4 cm³/mol. The van der Waals surface area contributed by atoms with E-state index in [1.807, 2.05) is 6.07 Å². The third kappa shape index (κ3) is 3.30. The third-order valence-corrected chi connectivity index (χ3v) is 1.89. The van der Waals surface area contributed by atoms with Gasteiger partial charge in [-0.25, -0.2) is 0 Å². The maximum Gasteiger partial charge on any atom is 0.0992 e. The van der Waals surface area contributed by atoms with Crippen molar-refractivity contribution in [1.29, 1.82) is 5.26 Å². The van der Waals surface area contributed by atoms with Crippen LogP contribution in [0, 0.1) is 23.2 Å². The molecule has 1 aromatic carbocycles. The Bertz CT molecular complexity index is 421. The Kier molecular flexibility index (Phi) is 4.33. The third-order valence-electron chi connectivity index (χ3n) is 1.48. The Balaban J connectivity index is 2.95. The van der Waals surface area contributed by atoms with E-state index in [0.29, 0.717) is 22.9 Å². The van der Waals surface area contributed by atoms with Gasteiger partial charge in [0.05, 0.1) is 11.6 Å². The zero-order valence-corrected chi connectivity index (χ0v) is 8.86. The van der Waals surface area contributed by atoms with Crippen LogP contribution in [0.3, 0.4) is 0 Å². The number of benzene rings is 1. The van der Waals surface area contributed by atoms with Crippen LogP contribution in [0.15, 0.2) is 18.2 Å².